The van der Waals surface area contributed by atoms with Gasteiger partial charge in [-0.25, -0.2) is 10.2 Å². The van der Waals surface area contributed by atoms with Crippen molar-refractivity contribution in [3.63, 3.8) is 0 Å². The molecule has 4 rings (SSSR count). The molecular formula is C29H20BrCl2N3O4. The van der Waals surface area contributed by atoms with Crippen LogP contribution in [0.15, 0.2) is 94.5 Å². The summed E-state index contributed by atoms with van der Waals surface area (Å²) < 4.78 is 6.30. The first-order chi connectivity index (χ1) is 18.7. The molecule has 0 heterocycles. The van der Waals surface area contributed by atoms with E-state index in [-0.39, 0.29) is 27.6 Å². The zero-order chi connectivity index (χ0) is 27.9. The quantitative estimate of drug-likeness (QED) is 0.0976. The minimum Gasteiger partial charge on any atom is -0.422 e. The van der Waals surface area contributed by atoms with Gasteiger partial charge in [-0.15, -0.1) is 0 Å². The normalized spacial score (nSPS) is 10.8. The summed E-state index contributed by atoms with van der Waals surface area (Å²) in [7, 11) is 0. The molecule has 2 amide bonds. The smallest absolute Gasteiger partial charge is 0.343 e. The van der Waals surface area contributed by atoms with Gasteiger partial charge in [-0.2, -0.15) is 5.10 Å². The average molecular weight is 625 g/mol. The minimum absolute atomic E-state index is 0.174. The summed E-state index contributed by atoms with van der Waals surface area (Å²) in [5.74, 6) is -1.34. The summed E-state index contributed by atoms with van der Waals surface area (Å²) in [6.07, 6.45) is 1.36. The first-order valence-corrected chi connectivity index (χ1v) is 13.0. The van der Waals surface area contributed by atoms with Crippen LogP contribution in [0.2, 0.25) is 10.0 Å². The molecule has 10 heteroatoms. The molecule has 0 fully saturated rings. The first-order valence-electron chi connectivity index (χ1n) is 11.5. The fourth-order valence-corrected chi connectivity index (χ4v) is 4.39. The lowest BCUT2D eigenvalue weighted by Crippen LogP contribution is -2.21. The highest BCUT2D eigenvalue weighted by atomic mass is 79.9. The second-order valence-corrected chi connectivity index (χ2v) is 10.0. The fraction of sp³-hybridized carbons (Fsp3) is 0.0345. The van der Waals surface area contributed by atoms with Crippen LogP contribution in [0.4, 0.5) is 5.69 Å². The van der Waals surface area contributed by atoms with Gasteiger partial charge >= 0.3 is 5.97 Å². The number of ether oxygens (including phenoxy) is 1. The molecule has 0 aliphatic carbocycles. The number of hydrogen-bond acceptors (Lipinski definition) is 5. The van der Waals surface area contributed by atoms with E-state index in [4.69, 9.17) is 27.9 Å². The third-order valence-corrected chi connectivity index (χ3v) is 6.43. The molecule has 0 aromatic heterocycles. The molecule has 39 heavy (non-hydrogen) atoms. The molecule has 0 unspecified atom stereocenters. The standard InChI is InChI=1S/C29H20BrCl2N3O4/c1-17-5-4-6-18(13-17)29(38)39-26-12-9-20(30)14-19(26)16-33-35-28(37)23-7-2-3-8-25(23)34-27(36)22-11-10-21(31)15-24(22)32/h2-16H,1H3,(H,34,36)(H,35,37)/b33-16-. The summed E-state index contributed by atoms with van der Waals surface area (Å²) in [6, 6.07) is 23.0. The van der Waals surface area contributed by atoms with Gasteiger partial charge in [0.1, 0.15) is 5.75 Å². The zero-order valence-electron chi connectivity index (χ0n) is 20.4. The van der Waals surface area contributed by atoms with Gasteiger partial charge in [0.05, 0.1) is 33.6 Å². The van der Waals surface area contributed by atoms with Gasteiger partial charge in [0.2, 0.25) is 0 Å². The Morgan fingerprint density at radius 3 is 2.44 bits per heavy atom. The molecule has 0 saturated carbocycles. The number of rotatable bonds is 7. The van der Waals surface area contributed by atoms with Crippen LogP contribution in [0.1, 0.15) is 42.2 Å². The van der Waals surface area contributed by atoms with Crippen LogP contribution in [0, 0.1) is 6.92 Å². The number of nitrogens with zero attached hydrogens (tertiary/aromatic N) is 1. The van der Waals surface area contributed by atoms with Crippen LogP contribution in [0.25, 0.3) is 0 Å². The van der Waals surface area contributed by atoms with Crippen LogP contribution in [0.3, 0.4) is 0 Å². The number of hydrazone groups is 1. The Kier molecular flexibility index (Phi) is 9.14. The Labute approximate surface area is 242 Å². The van der Waals surface area contributed by atoms with E-state index in [2.05, 4.69) is 31.8 Å². The largest absolute Gasteiger partial charge is 0.422 e. The number of carbonyl (C=O) groups is 3. The van der Waals surface area contributed by atoms with Crippen LogP contribution in [0.5, 0.6) is 5.75 Å². The third kappa shape index (κ3) is 7.32. The summed E-state index contributed by atoms with van der Waals surface area (Å²) >= 11 is 15.4. The van der Waals surface area contributed by atoms with Crippen LogP contribution < -0.4 is 15.5 Å². The van der Waals surface area contributed by atoms with Crippen molar-refractivity contribution in [2.45, 2.75) is 6.92 Å². The molecule has 0 radical (unpaired) electrons. The number of hydrogen-bond donors (Lipinski definition) is 2. The van der Waals surface area contributed by atoms with Crippen LogP contribution in [-0.4, -0.2) is 24.0 Å². The topological polar surface area (TPSA) is 96.9 Å². The zero-order valence-corrected chi connectivity index (χ0v) is 23.5. The first kappa shape index (κ1) is 28.0. The van der Waals surface area contributed by atoms with E-state index in [1.54, 1.807) is 60.7 Å². The van der Waals surface area contributed by atoms with Crippen molar-refractivity contribution >= 4 is 68.8 Å². The number of para-hydroxylation sites is 1. The van der Waals surface area contributed by atoms with Crippen molar-refractivity contribution in [3.8, 4) is 5.75 Å². The van der Waals surface area contributed by atoms with E-state index >= 15 is 0 Å². The van der Waals surface area contributed by atoms with E-state index in [9.17, 15) is 14.4 Å². The maximum atomic E-state index is 12.9. The second-order valence-electron chi connectivity index (χ2n) is 8.26. The second kappa shape index (κ2) is 12.7. The highest BCUT2D eigenvalue weighted by Gasteiger charge is 2.16. The van der Waals surface area contributed by atoms with E-state index in [1.807, 2.05) is 13.0 Å². The summed E-state index contributed by atoms with van der Waals surface area (Å²) in [5, 5.41) is 7.30. The Bertz CT molecular complexity index is 1610. The van der Waals surface area contributed by atoms with Gasteiger partial charge in [-0.3, -0.25) is 9.59 Å². The van der Waals surface area contributed by atoms with Crippen molar-refractivity contribution in [3.05, 3.63) is 127 Å². The van der Waals surface area contributed by atoms with E-state index in [0.717, 1.165) is 10.0 Å². The molecular weight excluding hydrogens is 605 g/mol. The molecule has 7 nitrogen and oxygen atoms in total. The highest BCUT2D eigenvalue weighted by molar-refractivity contribution is 9.10. The van der Waals surface area contributed by atoms with Crippen molar-refractivity contribution in [2.75, 3.05) is 5.32 Å². The average Bonchev–Trinajstić information content (AvgIpc) is 2.90. The summed E-state index contributed by atoms with van der Waals surface area (Å²) in [4.78, 5) is 38.3. The van der Waals surface area contributed by atoms with E-state index < -0.39 is 17.8 Å². The number of amides is 2. The number of aryl methyl sites for hydroxylation is 1. The Hall–Kier alpha value is -3.98. The SMILES string of the molecule is Cc1cccc(C(=O)Oc2ccc(Br)cc2/C=N\NC(=O)c2ccccc2NC(=O)c2ccc(Cl)cc2Cl)c1. The predicted octanol–water partition coefficient (Wildman–Crippen LogP) is 7.30. The number of halogens is 3. The summed E-state index contributed by atoms with van der Waals surface area (Å²) in [6.45, 7) is 1.88. The molecule has 0 aliphatic heterocycles. The monoisotopic (exact) mass is 623 g/mol. The number of carbonyl (C=O) groups excluding carboxylic acids is 3. The molecule has 196 valence electrons. The molecule has 2 N–H and O–H groups in total. The highest BCUT2D eigenvalue weighted by Crippen LogP contribution is 2.25. The number of benzene rings is 4. The van der Waals surface area contributed by atoms with Gasteiger partial charge in [-0.05, 0) is 67.6 Å². The Morgan fingerprint density at radius 1 is 0.872 bits per heavy atom. The summed E-state index contributed by atoms with van der Waals surface area (Å²) in [5.41, 5.74) is 4.87. The lowest BCUT2D eigenvalue weighted by atomic mass is 10.1. The molecule has 0 bridgehead atoms. The van der Waals surface area contributed by atoms with Crippen molar-refractivity contribution in [1.29, 1.82) is 0 Å². The minimum atomic E-state index is -0.572. The van der Waals surface area contributed by atoms with Crippen molar-refractivity contribution in [1.82, 2.24) is 5.43 Å². The lowest BCUT2D eigenvalue weighted by molar-refractivity contribution is 0.0733. The van der Waals surface area contributed by atoms with Crippen molar-refractivity contribution < 1.29 is 19.1 Å². The van der Waals surface area contributed by atoms with Gasteiger partial charge in [0, 0.05) is 15.1 Å². The predicted molar refractivity (Wildman–Crippen MR) is 156 cm³/mol. The number of anilines is 1. The Morgan fingerprint density at radius 2 is 1.67 bits per heavy atom. The number of nitrogens with one attached hydrogen (secondary N) is 2. The molecule has 0 atom stereocenters. The van der Waals surface area contributed by atoms with Crippen LogP contribution >= 0.6 is 39.1 Å². The van der Waals surface area contributed by atoms with Gasteiger partial charge in [0.25, 0.3) is 11.8 Å². The molecule has 0 aliphatic rings. The van der Waals surface area contributed by atoms with E-state index in [0.29, 0.717) is 16.1 Å². The maximum Gasteiger partial charge on any atom is 0.343 e. The van der Waals surface area contributed by atoms with Crippen molar-refractivity contribution in [2.24, 2.45) is 5.10 Å². The Balaban J connectivity index is 1.48. The molecule has 4 aromatic rings. The van der Waals surface area contributed by atoms with Gasteiger partial charge in [0.15, 0.2) is 0 Å². The maximum absolute atomic E-state index is 12.9. The van der Waals surface area contributed by atoms with Gasteiger partial charge < -0.3 is 10.1 Å². The third-order valence-electron chi connectivity index (χ3n) is 5.39. The number of esters is 1. The van der Waals surface area contributed by atoms with Gasteiger partial charge in [-0.1, -0.05) is 69.0 Å². The lowest BCUT2D eigenvalue weighted by Gasteiger charge is -2.11. The fourth-order valence-electron chi connectivity index (χ4n) is 3.52. The van der Waals surface area contributed by atoms with Crippen LogP contribution in [-0.2, 0) is 0 Å². The van der Waals surface area contributed by atoms with E-state index in [1.165, 1.54) is 24.4 Å². The molecule has 4 aromatic carbocycles. The molecule has 0 saturated heterocycles. The molecule has 0 spiro atoms.